The van der Waals surface area contributed by atoms with Gasteiger partial charge in [0, 0.05) is 42.2 Å². The summed E-state index contributed by atoms with van der Waals surface area (Å²) < 4.78 is 5.72. The van der Waals surface area contributed by atoms with Crippen LogP contribution in [0.5, 0.6) is 0 Å². The van der Waals surface area contributed by atoms with Gasteiger partial charge in [-0.1, -0.05) is 0 Å². The number of ether oxygens (including phenoxy) is 1. The molecular weight excluding hydrogens is 318 g/mol. The molecule has 1 amide bonds. The van der Waals surface area contributed by atoms with Crippen molar-refractivity contribution < 1.29 is 9.53 Å². The number of H-pyrrole nitrogens is 1. The number of hydrogen-bond donors (Lipinski definition) is 1. The van der Waals surface area contributed by atoms with Gasteiger partial charge in [0.25, 0.3) is 5.91 Å². The number of nitrogens with one attached hydrogen (secondary N) is 1. The Balaban J connectivity index is 1.49. The molecule has 1 saturated heterocycles. The lowest BCUT2D eigenvalue weighted by atomic mass is 9.95. The Morgan fingerprint density at radius 2 is 2.28 bits per heavy atom. The molecule has 2 aromatic rings. The number of aromatic nitrogens is 4. The first-order chi connectivity index (χ1) is 12.3. The molecule has 25 heavy (non-hydrogen) atoms. The molecule has 0 spiro atoms. The normalized spacial score (nSPS) is 20.8. The third-order valence-electron chi connectivity index (χ3n) is 5.02. The molecule has 132 valence electrons. The Hall–Kier alpha value is -2.28. The molecule has 2 aliphatic rings. The van der Waals surface area contributed by atoms with E-state index in [0.29, 0.717) is 32.0 Å². The van der Waals surface area contributed by atoms with E-state index in [1.54, 1.807) is 12.5 Å². The molecule has 3 heterocycles. The molecule has 0 saturated carbocycles. The van der Waals surface area contributed by atoms with Crippen LogP contribution in [-0.2, 0) is 24.0 Å². The second-order valence-corrected chi connectivity index (χ2v) is 6.83. The number of nitrogens with zero attached hydrogens (tertiary/aromatic N) is 4. The highest BCUT2D eigenvalue weighted by molar-refractivity contribution is 5.94. The zero-order valence-electron chi connectivity index (χ0n) is 14.3. The molecule has 1 fully saturated rings. The maximum atomic E-state index is 13.0. The summed E-state index contributed by atoms with van der Waals surface area (Å²) in [5, 5.41) is 7.40. The predicted octanol–water partition coefficient (Wildman–Crippen LogP) is 1.41. The van der Waals surface area contributed by atoms with Crippen LogP contribution in [0.3, 0.4) is 0 Å². The average molecular weight is 341 g/mol. The topological polar surface area (TPSA) is 84.0 Å². The van der Waals surface area contributed by atoms with Crippen LogP contribution < -0.4 is 0 Å². The minimum atomic E-state index is 0.0255. The van der Waals surface area contributed by atoms with E-state index in [4.69, 9.17) is 4.74 Å². The molecule has 4 rings (SSSR count). The van der Waals surface area contributed by atoms with Crippen molar-refractivity contribution in [3.63, 3.8) is 0 Å². The lowest BCUT2D eigenvalue weighted by Gasteiger charge is -2.23. The monoisotopic (exact) mass is 341 g/mol. The van der Waals surface area contributed by atoms with E-state index in [1.807, 2.05) is 11.0 Å². The number of aromatic amines is 1. The van der Waals surface area contributed by atoms with Crippen molar-refractivity contribution in [1.82, 2.24) is 25.1 Å². The molecule has 2 aromatic heterocycles. The van der Waals surface area contributed by atoms with Crippen molar-refractivity contribution in [2.24, 2.45) is 5.92 Å². The van der Waals surface area contributed by atoms with Crippen molar-refractivity contribution in [3.05, 3.63) is 41.2 Å². The standard InChI is InChI=1S/C18H23N5O2/c24-18(17-15-3-1-2-4-16(15)21-22-17)23-7-8-25-11-13(10-23)9-14-5-6-19-12-20-14/h5-6,12-13H,1-4,7-11H2,(H,21,22)/t13-/m0/s1. The number of amides is 1. The summed E-state index contributed by atoms with van der Waals surface area (Å²) in [6.45, 7) is 2.50. The van der Waals surface area contributed by atoms with Gasteiger partial charge in [-0.05, 0) is 38.2 Å². The highest BCUT2D eigenvalue weighted by Crippen LogP contribution is 2.24. The number of carbonyl (C=O) groups excluding carboxylic acids is 1. The summed E-state index contributed by atoms with van der Waals surface area (Å²) in [5.74, 6) is 0.258. The number of aryl methyl sites for hydroxylation is 1. The fraction of sp³-hybridized carbons (Fsp3) is 0.556. The second-order valence-electron chi connectivity index (χ2n) is 6.83. The molecule has 1 aliphatic heterocycles. The number of fused-ring (bicyclic) bond motifs is 1. The minimum Gasteiger partial charge on any atom is -0.379 e. The van der Waals surface area contributed by atoms with Gasteiger partial charge in [0.15, 0.2) is 5.69 Å². The van der Waals surface area contributed by atoms with Crippen LogP contribution in [-0.4, -0.2) is 57.3 Å². The predicted molar refractivity (Wildman–Crippen MR) is 91.2 cm³/mol. The molecule has 0 aromatic carbocycles. The molecule has 0 radical (unpaired) electrons. The van der Waals surface area contributed by atoms with Gasteiger partial charge in [0.1, 0.15) is 6.33 Å². The Kier molecular flexibility index (Phi) is 4.74. The van der Waals surface area contributed by atoms with Crippen LogP contribution >= 0.6 is 0 Å². The van der Waals surface area contributed by atoms with E-state index in [9.17, 15) is 4.79 Å². The highest BCUT2D eigenvalue weighted by Gasteiger charge is 2.28. The quantitative estimate of drug-likeness (QED) is 0.912. The summed E-state index contributed by atoms with van der Waals surface area (Å²) in [6.07, 6.45) is 8.33. The summed E-state index contributed by atoms with van der Waals surface area (Å²) in [7, 11) is 0. The first kappa shape index (κ1) is 16.2. The highest BCUT2D eigenvalue weighted by atomic mass is 16.5. The fourth-order valence-corrected chi connectivity index (χ4v) is 3.73. The van der Waals surface area contributed by atoms with E-state index in [-0.39, 0.29) is 11.8 Å². The molecule has 7 heteroatoms. The molecule has 0 unspecified atom stereocenters. The average Bonchev–Trinajstić information content (AvgIpc) is 2.94. The van der Waals surface area contributed by atoms with Gasteiger partial charge in [0.05, 0.1) is 13.2 Å². The Bertz CT molecular complexity index is 730. The van der Waals surface area contributed by atoms with Crippen LogP contribution in [0, 0.1) is 5.92 Å². The first-order valence-electron chi connectivity index (χ1n) is 8.99. The van der Waals surface area contributed by atoms with E-state index >= 15 is 0 Å². The summed E-state index contributed by atoms with van der Waals surface area (Å²) in [4.78, 5) is 23.2. The SMILES string of the molecule is O=C(c1n[nH]c2c1CCCC2)N1CCOC[C@@H](Cc2ccncn2)C1. The number of rotatable bonds is 3. The van der Waals surface area contributed by atoms with Crippen molar-refractivity contribution in [3.8, 4) is 0 Å². The van der Waals surface area contributed by atoms with Crippen molar-refractivity contribution in [2.45, 2.75) is 32.1 Å². The summed E-state index contributed by atoms with van der Waals surface area (Å²) in [5.41, 5.74) is 3.85. The number of carbonyl (C=O) groups is 1. The van der Waals surface area contributed by atoms with Crippen LogP contribution in [0.25, 0.3) is 0 Å². The molecule has 7 nitrogen and oxygen atoms in total. The Labute approximate surface area is 146 Å². The third-order valence-corrected chi connectivity index (χ3v) is 5.02. The van der Waals surface area contributed by atoms with Gasteiger partial charge >= 0.3 is 0 Å². The van der Waals surface area contributed by atoms with Gasteiger partial charge in [-0.25, -0.2) is 9.97 Å². The zero-order chi connectivity index (χ0) is 17.1. The molecule has 1 aliphatic carbocycles. The third kappa shape index (κ3) is 3.56. The Morgan fingerprint density at radius 1 is 1.36 bits per heavy atom. The van der Waals surface area contributed by atoms with E-state index in [2.05, 4.69) is 20.2 Å². The lowest BCUT2D eigenvalue weighted by Crippen LogP contribution is -2.37. The Morgan fingerprint density at radius 3 is 3.16 bits per heavy atom. The fourth-order valence-electron chi connectivity index (χ4n) is 3.73. The minimum absolute atomic E-state index is 0.0255. The lowest BCUT2D eigenvalue weighted by molar-refractivity contribution is 0.0730. The van der Waals surface area contributed by atoms with Gasteiger partial charge in [0.2, 0.25) is 0 Å². The zero-order valence-corrected chi connectivity index (χ0v) is 14.3. The van der Waals surface area contributed by atoms with Gasteiger partial charge in [-0.2, -0.15) is 5.10 Å². The maximum Gasteiger partial charge on any atom is 0.274 e. The van der Waals surface area contributed by atoms with Crippen LogP contribution in [0.4, 0.5) is 0 Å². The van der Waals surface area contributed by atoms with E-state index < -0.39 is 0 Å². The van der Waals surface area contributed by atoms with Crippen LogP contribution in [0.1, 0.15) is 40.3 Å². The number of hydrogen-bond acceptors (Lipinski definition) is 5. The smallest absolute Gasteiger partial charge is 0.274 e. The molecule has 1 atom stereocenters. The summed E-state index contributed by atoms with van der Waals surface area (Å²) >= 11 is 0. The van der Waals surface area contributed by atoms with Crippen molar-refractivity contribution >= 4 is 5.91 Å². The van der Waals surface area contributed by atoms with Crippen molar-refractivity contribution in [2.75, 3.05) is 26.3 Å². The second kappa shape index (κ2) is 7.31. The maximum absolute atomic E-state index is 13.0. The van der Waals surface area contributed by atoms with Crippen LogP contribution in [0.15, 0.2) is 18.6 Å². The van der Waals surface area contributed by atoms with Gasteiger partial charge < -0.3 is 9.64 Å². The first-order valence-corrected chi connectivity index (χ1v) is 8.99. The van der Waals surface area contributed by atoms with Crippen molar-refractivity contribution in [1.29, 1.82) is 0 Å². The molecule has 0 bridgehead atoms. The van der Waals surface area contributed by atoms with E-state index in [0.717, 1.165) is 42.6 Å². The van der Waals surface area contributed by atoms with Gasteiger partial charge in [-0.15, -0.1) is 0 Å². The van der Waals surface area contributed by atoms with E-state index in [1.165, 1.54) is 6.42 Å². The van der Waals surface area contributed by atoms with Crippen LogP contribution in [0.2, 0.25) is 0 Å². The summed E-state index contributed by atoms with van der Waals surface area (Å²) in [6, 6.07) is 1.92. The van der Waals surface area contributed by atoms with Gasteiger partial charge in [-0.3, -0.25) is 9.89 Å². The molecular formula is C18H23N5O2. The molecule has 1 N–H and O–H groups in total. The largest absolute Gasteiger partial charge is 0.379 e.